The third kappa shape index (κ3) is 5.03. The molecule has 0 radical (unpaired) electrons. The molecule has 0 N–H and O–H groups in total. The van der Waals surface area contributed by atoms with E-state index in [0.717, 1.165) is 60.9 Å². The van der Waals surface area contributed by atoms with Gasteiger partial charge in [-0.1, -0.05) is 127 Å². The number of nitriles is 1. The summed E-state index contributed by atoms with van der Waals surface area (Å²) in [6.45, 7) is 0. The van der Waals surface area contributed by atoms with Crippen LogP contribution in [-0.2, 0) is 0 Å². The van der Waals surface area contributed by atoms with Crippen molar-refractivity contribution in [1.82, 2.24) is 14.1 Å². The lowest BCUT2D eigenvalue weighted by Gasteiger charge is -2.11. The van der Waals surface area contributed by atoms with E-state index in [1.54, 1.807) is 0 Å². The van der Waals surface area contributed by atoms with E-state index in [2.05, 4.69) is 179 Å². The Morgan fingerprint density at radius 3 is 1.48 bits per heavy atom. The molecule has 11 aromatic rings. The molecule has 4 nitrogen and oxygen atoms in total. The van der Waals surface area contributed by atoms with Gasteiger partial charge in [-0.25, -0.2) is 4.98 Å². The summed E-state index contributed by atoms with van der Waals surface area (Å²) in [5, 5.41) is 15.6. The Bertz CT molecular complexity index is 3360. The number of hydrogen-bond acceptors (Lipinski definition) is 2. The molecule has 0 aliphatic rings. The van der Waals surface area contributed by atoms with Crippen molar-refractivity contribution in [2.75, 3.05) is 0 Å². The average Bonchev–Trinajstić information content (AvgIpc) is 3.78. The van der Waals surface area contributed by atoms with Gasteiger partial charge in [-0.05, 0) is 100 Å². The number of para-hydroxylation sites is 2. The Balaban J connectivity index is 1.11. The van der Waals surface area contributed by atoms with E-state index in [-0.39, 0.29) is 0 Å². The van der Waals surface area contributed by atoms with Crippen LogP contribution < -0.4 is 0 Å². The Morgan fingerprint density at radius 1 is 0.357 bits per heavy atom. The molecule has 3 heterocycles. The molecule has 0 unspecified atom stereocenters. The monoisotopic (exact) mass is 712 g/mol. The van der Waals surface area contributed by atoms with E-state index in [1.807, 2.05) is 30.3 Å². The average molecular weight is 713 g/mol. The van der Waals surface area contributed by atoms with Gasteiger partial charge in [-0.15, -0.1) is 0 Å². The van der Waals surface area contributed by atoms with Gasteiger partial charge >= 0.3 is 0 Å². The summed E-state index contributed by atoms with van der Waals surface area (Å²) < 4.78 is 4.59. The lowest BCUT2D eigenvalue weighted by Crippen LogP contribution is -1.99. The quantitative estimate of drug-likeness (QED) is 0.178. The summed E-state index contributed by atoms with van der Waals surface area (Å²) in [6, 6.07) is 71.1. The second kappa shape index (κ2) is 12.7. The largest absolute Gasteiger partial charge is 0.309 e. The van der Waals surface area contributed by atoms with Crippen molar-refractivity contribution in [2.24, 2.45) is 0 Å². The number of aromatic nitrogens is 3. The minimum atomic E-state index is 0.614. The maximum Gasteiger partial charge on any atom is 0.139 e. The lowest BCUT2D eigenvalue weighted by atomic mass is 9.99. The summed E-state index contributed by atoms with van der Waals surface area (Å²) >= 11 is 0. The van der Waals surface area contributed by atoms with Gasteiger partial charge in [0.1, 0.15) is 5.82 Å². The molecule has 8 aromatic carbocycles. The highest BCUT2D eigenvalue weighted by Gasteiger charge is 2.18. The van der Waals surface area contributed by atoms with Crippen LogP contribution in [0, 0.1) is 11.3 Å². The molecule has 0 aliphatic heterocycles. The van der Waals surface area contributed by atoms with Gasteiger partial charge in [0.15, 0.2) is 0 Å². The number of pyridine rings is 1. The highest BCUT2D eigenvalue weighted by atomic mass is 15.1. The van der Waals surface area contributed by atoms with Gasteiger partial charge < -0.3 is 4.57 Å². The smallest absolute Gasteiger partial charge is 0.139 e. The van der Waals surface area contributed by atoms with Crippen molar-refractivity contribution in [3.05, 3.63) is 200 Å². The minimum absolute atomic E-state index is 0.614. The van der Waals surface area contributed by atoms with Crippen molar-refractivity contribution < 1.29 is 0 Å². The first-order chi connectivity index (χ1) is 27.7. The van der Waals surface area contributed by atoms with E-state index < -0.39 is 0 Å². The third-order valence-electron chi connectivity index (χ3n) is 11.1. The van der Waals surface area contributed by atoms with Crippen LogP contribution in [0.25, 0.3) is 99.4 Å². The van der Waals surface area contributed by atoms with Crippen molar-refractivity contribution >= 4 is 54.5 Å². The van der Waals surface area contributed by atoms with Crippen molar-refractivity contribution in [1.29, 1.82) is 5.26 Å². The third-order valence-corrected chi connectivity index (χ3v) is 11.1. The molecule has 0 amide bonds. The molecule has 0 aliphatic carbocycles. The zero-order valence-corrected chi connectivity index (χ0v) is 30.3. The van der Waals surface area contributed by atoms with Gasteiger partial charge in [0.25, 0.3) is 0 Å². The molecule has 4 heteroatoms. The number of hydrogen-bond donors (Lipinski definition) is 0. The summed E-state index contributed by atoms with van der Waals surface area (Å²) in [5.41, 5.74) is 14.0. The van der Waals surface area contributed by atoms with Crippen LogP contribution in [-0.4, -0.2) is 14.1 Å². The van der Waals surface area contributed by atoms with Crippen LogP contribution in [0.4, 0.5) is 0 Å². The Morgan fingerprint density at radius 2 is 0.839 bits per heavy atom. The highest BCUT2D eigenvalue weighted by Crippen LogP contribution is 2.40. The molecule has 0 saturated carbocycles. The summed E-state index contributed by atoms with van der Waals surface area (Å²) in [7, 11) is 0. The van der Waals surface area contributed by atoms with Crippen LogP contribution >= 0.6 is 0 Å². The fourth-order valence-electron chi connectivity index (χ4n) is 8.51. The Kier molecular flexibility index (Phi) is 7.20. The van der Waals surface area contributed by atoms with Gasteiger partial charge in [-0.2, -0.15) is 5.26 Å². The maximum absolute atomic E-state index is 10.1. The minimum Gasteiger partial charge on any atom is -0.309 e. The first kappa shape index (κ1) is 31.8. The first-order valence-corrected chi connectivity index (χ1v) is 18.9. The van der Waals surface area contributed by atoms with Crippen LogP contribution in [0.1, 0.15) is 5.56 Å². The van der Waals surface area contributed by atoms with Crippen molar-refractivity contribution in [3.8, 4) is 51.0 Å². The van der Waals surface area contributed by atoms with Gasteiger partial charge in [0.05, 0.1) is 39.2 Å². The molecule has 0 spiro atoms. The Labute approximate surface area is 323 Å². The topological polar surface area (TPSA) is 46.5 Å². The predicted octanol–water partition coefficient (Wildman–Crippen LogP) is 13.3. The number of benzene rings is 8. The SMILES string of the molecule is N#Cc1cc(-n2c3ccccc3c3cc(-c4ccc5c(c4)c4cc(-c6ccccc6)ccc4n5-c4cccc(-c5ccccc5)c4)ccc32)nc2ccccc12. The maximum atomic E-state index is 10.1. The predicted molar refractivity (Wildman–Crippen MR) is 231 cm³/mol. The molecule has 0 saturated heterocycles. The molecule has 0 fully saturated rings. The molecule has 0 bridgehead atoms. The van der Waals surface area contributed by atoms with Crippen LogP contribution in [0.15, 0.2) is 194 Å². The van der Waals surface area contributed by atoms with Gasteiger partial charge in [-0.3, -0.25) is 4.57 Å². The second-order valence-corrected chi connectivity index (χ2v) is 14.3. The zero-order valence-electron chi connectivity index (χ0n) is 30.3. The van der Waals surface area contributed by atoms with Gasteiger partial charge in [0, 0.05) is 32.6 Å². The fraction of sp³-hybridized carbons (Fsp3) is 0. The zero-order chi connectivity index (χ0) is 37.2. The summed E-state index contributed by atoms with van der Waals surface area (Å²) in [5.74, 6) is 0.735. The molecule has 0 atom stereocenters. The first-order valence-electron chi connectivity index (χ1n) is 18.9. The molecule has 3 aromatic heterocycles. The van der Waals surface area contributed by atoms with Crippen molar-refractivity contribution in [3.63, 3.8) is 0 Å². The van der Waals surface area contributed by atoms with E-state index in [0.29, 0.717) is 5.56 Å². The number of nitrogens with zero attached hydrogens (tertiary/aromatic N) is 4. The second-order valence-electron chi connectivity index (χ2n) is 14.3. The van der Waals surface area contributed by atoms with Crippen LogP contribution in [0.2, 0.25) is 0 Å². The van der Waals surface area contributed by atoms with E-state index in [1.165, 1.54) is 38.5 Å². The van der Waals surface area contributed by atoms with Crippen molar-refractivity contribution in [2.45, 2.75) is 0 Å². The summed E-state index contributed by atoms with van der Waals surface area (Å²) in [6.07, 6.45) is 0. The highest BCUT2D eigenvalue weighted by molar-refractivity contribution is 6.13. The molecule has 260 valence electrons. The van der Waals surface area contributed by atoms with E-state index in [4.69, 9.17) is 4.98 Å². The summed E-state index contributed by atoms with van der Waals surface area (Å²) in [4.78, 5) is 5.06. The number of rotatable bonds is 5. The Hall–Kier alpha value is -7.74. The van der Waals surface area contributed by atoms with Crippen LogP contribution in [0.3, 0.4) is 0 Å². The molecular weight excluding hydrogens is 681 g/mol. The van der Waals surface area contributed by atoms with Crippen LogP contribution in [0.5, 0.6) is 0 Å². The molecule has 11 rings (SSSR count). The van der Waals surface area contributed by atoms with E-state index >= 15 is 0 Å². The lowest BCUT2D eigenvalue weighted by molar-refractivity contribution is 1.10. The van der Waals surface area contributed by atoms with E-state index in [9.17, 15) is 5.26 Å². The molecular formula is C52H32N4. The number of fused-ring (bicyclic) bond motifs is 7. The fourth-order valence-corrected chi connectivity index (χ4v) is 8.51. The van der Waals surface area contributed by atoms with Gasteiger partial charge in [0.2, 0.25) is 0 Å². The molecule has 56 heavy (non-hydrogen) atoms. The normalized spacial score (nSPS) is 11.6. The standard InChI is InChI=1S/C52H32N4/c53-33-40-32-52(54-47-20-9-7-18-42(40)47)56-48-21-10-8-19-43(48)44-30-38(24-27-51(44)56)39-23-26-50-46(31-39)45-29-37(35-14-5-2-6-15-35)22-25-49(45)55(50)41-17-11-16-36(28-41)34-12-3-1-4-13-34/h1-32H.